The van der Waals surface area contributed by atoms with Crippen molar-refractivity contribution in [2.75, 3.05) is 6.61 Å². The van der Waals surface area contributed by atoms with Gasteiger partial charge >= 0.3 is 5.97 Å². The molecule has 0 N–H and O–H groups in total. The van der Waals surface area contributed by atoms with Crippen LogP contribution in [0.1, 0.15) is 18.4 Å². The van der Waals surface area contributed by atoms with Crippen LogP contribution >= 0.6 is 11.6 Å². The van der Waals surface area contributed by atoms with Crippen LogP contribution in [0.3, 0.4) is 0 Å². The Kier molecular flexibility index (Phi) is 4.14. The minimum atomic E-state index is -0.873. The lowest BCUT2D eigenvalue weighted by molar-refractivity contribution is -0.143. The summed E-state index contributed by atoms with van der Waals surface area (Å²) in [6, 6.07) is 8.48. The smallest absolute Gasteiger partial charge is 0.327 e. The Morgan fingerprint density at radius 1 is 1.53 bits per heavy atom. The second-order valence-corrected chi connectivity index (χ2v) is 3.30. The van der Waals surface area contributed by atoms with Gasteiger partial charge in [0.1, 0.15) is 0 Å². The van der Waals surface area contributed by atoms with Crippen LogP contribution in [0.5, 0.6) is 0 Å². The molecule has 78 valence electrons. The van der Waals surface area contributed by atoms with Crippen molar-refractivity contribution in [2.45, 2.75) is 12.8 Å². The van der Waals surface area contributed by atoms with Gasteiger partial charge in [-0.25, -0.2) is 0 Å². The molecule has 1 aromatic carbocycles. The van der Waals surface area contributed by atoms with Crippen molar-refractivity contribution >= 4 is 17.6 Å². The van der Waals surface area contributed by atoms with E-state index < -0.39 is 11.9 Å². The van der Waals surface area contributed by atoms with Crippen LogP contribution in [0.15, 0.2) is 24.3 Å². The van der Waals surface area contributed by atoms with Gasteiger partial charge in [-0.1, -0.05) is 23.7 Å². The Hall–Kier alpha value is -1.53. The molecule has 0 amide bonds. The fourth-order valence-electron chi connectivity index (χ4n) is 1.14. The molecule has 0 aromatic heterocycles. The Morgan fingerprint density at radius 2 is 2.13 bits per heavy atom. The maximum atomic E-state index is 11.4. The zero-order valence-corrected chi connectivity index (χ0v) is 8.99. The highest BCUT2D eigenvalue weighted by Gasteiger charge is 2.20. The molecule has 1 aromatic rings. The van der Waals surface area contributed by atoms with Crippen molar-refractivity contribution in [2.24, 2.45) is 0 Å². The third kappa shape index (κ3) is 2.97. The number of rotatable bonds is 3. The lowest BCUT2D eigenvalue weighted by Crippen LogP contribution is -2.14. The van der Waals surface area contributed by atoms with Crippen LogP contribution in [-0.4, -0.2) is 12.6 Å². The van der Waals surface area contributed by atoms with Crippen LogP contribution in [0.2, 0.25) is 5.02 Å². The maximum absolute atomic E-state index is 11.4. The van der Waals surface area contributed by atoms with E-state index in [1.807, 2.05) is 6.07 Å². The molecule has 0 radical (unpaired) electrons. The fourth-order valence-corrected chi connectivity index (χ4v) is 1.27. The number of benzene rings is 1. The average Bonchev–Trinajstić information content (AvgIpc) is 2.22. The average molecular weight is 224 g/mol. The monoisotopic (exact) mass is 223 g/mol. The minimum Gasteiger partial charge on any atom is -0.465 e. The van der Waals surface area contributed by atoms with E-state index in [1.54, 1.807) is 31.2 Å². The summed E-state index contributed by atoms with van der Waals surface area (Å²) >= 11 is 5.70. The molecule has 0 saturated heterocycles. The van der Waals surface area contributed by atoms with E-state index in [-0.39, 0.29) is 6.61 Å². The highest BCUT2D eigenvalue weighted by molar-refractivity contribution is 6.30. The molecule has 0 saturated carbocycles. The van der Waals surface area contributed by atoms with Gasteiger partial charge in [-0.05, 0) is 24.6 Å². The van der Waals surface area contributed by atoms with Crippen molar-refractivity contribution in [3.63, 3.8) is 0 Å². The van der Waals surface area contributed by atoms with Gasteiger partial charge in [-0.15, -0.1) is 0 Å². The molecule has 0 aliphatic heterocycles. The van der Waals surface area contributed by atoms with Crippen molar-refractivity contribution in [1.82, 2.24) is 0 Å². The highest BCUT2D eigenvalue weighted by atomic mass is 35.5. The topological polar surface area (TPSA) is 50.1 Å². The Labute approximate surface area is 93.2 Å². The van der Waals surface area contributed by atoms with E-state index in [2.05, 4.69) is 0 Å². The van der Waals surface area contributed by atoms with Gasteiger partial charge in [-0.2, -0.15) is 5.26 Å². The first-order chi connectivity index (χ1) is 7.19. The molecule has 0 bridgehead atoms. The summed E-state index contributed by atoms with van der Waals surface area (Å²) in [5.41, 5.74) is 0.598. The molecule has 15 heavy (non-hydrogen) atoms. The number of nitriles is 1. The van der Waals surface area contributed by atoms with Crippen molar-refractivity contribution in [3.05, 3.63) is 34.9 Å². The molecular weight excluding hydrogens is 214 g/mol. The number of esters is 1. The third-order valence-corrected chi connectivity index (χ3v) is 2.11. The summed E-state index contributed by atoms with van der Waals surface area (Å²) < 4.78 is 4.79. The molecule has 1 unspecified atom stereocenters. The molecule has 4 heteroatoms. The molecule has 3 nitrogen and oxygen atoms in total. The highest BCUT2D eigenvalue weighted by Crippen LogP contribution is 2.19. The van der Waals surface area contributed by atoms with Crippen LogP contribution in [0.4, 0.5) is 0 Å². The first-order valence-electron chi connectivity index (χ1n) is 4.50. The molecule has 0 aliphatic carbocycles. The van der Waals surface area contributed by atoms with Crippen LogP contribution < -0.4 is 0 Å². The van der Waals surface area contributed by atoms with Gasteiger partial charge in [0, 0.05) is 5.02 Å². The number of hydrogen-bond acceptors (Lipinski definition) is 3. The van der Waals surface area contributed by atoms with E-state index in [9.17, 15) is 4.79 Å². The number of ether oxygens (including phenoxy) is 1. The fraction of sp³-hybridized carbons (Fsp3) is 0.273. The predicted molar refractivity (Wildman–Crippen MR) is 56.4 cm³/mol. The Morgan fingerprint density at radius 3 is 2.60 bits per heavy atom. The summed E-state index contributed by atoms with van der Waals surface area (Å²) in [6.07, 6.45) is 0. The van der Waals surface area contributed by atoms with Gasteiger partial charge in [0.15, 0.2) is 5.92 Å². The SMILES string of the molecule is CCOC(=O)C(C#N)c1ccc(Cl)cc1. The van der Waals surface area contributed by atoms with Gasteiger partial charge in [-0.3, -0.25) is 4.79 Å². The van der Waals surface area contributed by atoms with E-state index in [1.165, 1.54) is 0 Å². The second-order valence-electron chi connectivity index (χ2n) is 2.87. The van der Waals surface area contributed by atoms with Gasteiger partial charge in [0.25, 0.3) is 0 Å². The summed E-state index contributed by atoms with van der Waals surface area (Å²) in [4.78, 5) is 11.4. The molecule has 0 spiro atoms. The largest absolute Gasteiger partial charge is 0.465 e. The molecular formula is C11H10ClNO2. The zero-order valence-electron chi connectivity index (χ0n) is 8.24. The molecule has 0 fully saturated rings. The van der Waals surface area contributed by atoms with E-state index in [0.29, 0.717) is 10.6 Å². The number of carbonyl (C=O) groups excluding carboxylic acids is 1. The van der Waals surface area contributed by atoms with Crippen molar-refractivity contribution in [3.8, 4) is 6.07 Å². The maximum Gasteiger partial charge on any atom is 0.327 e. The van der Waals surface area contributed by atoms with Crippen molar-refractivity contribution < 1.29 is 9.53 Å². The lowest BCUT2D eigenvalue weighted by atomic mass is 10.0. The molecule has 1 atom stereocenters. The van der Waals surface area contributed by atoms with Gasteiger partial charge < -0.3 is 4.74 Å². The Bertz CT molecular complexity index is 381. The minimum absolute atomic E-state index is 0.268. The first-order valence-corrected chi connectivity index (χ1v) is 4.88. The lowest BCUT2D eigenvalue weighted by Gasteiger charge is -2.08. The number of halogens is 1. The van der Waals surface area contributed by atoms with Gasteiger partial charge in [0.05, 0.1) is 12.7 Å². The first kappa shape index (κ1) is 11.5. The van der Waals surface area contributed by atoms with E-state index >= 15 is 0 Å². The zero-order chi connectivity index (χ0) is 11.3. The number of carbonyl (C=O) groups is 1. The molecule has 0 heterocycles. The summed E-state index contributed by atoms with van der Waals surface area (Å²) in [5.74, 6) is -1.40. The third-order valence-electron chi connectivity index (χ3n) is 1.85. The quantitative estimate of drug-likeness (QED) is 0.740. The standard InChI is InChI=1S/C11H10ClNO2/c1-2-15-11(14)10(7-13)8-3-5-9(12)6-4-8/h3-6,10H,2H2,1H3. The second kappa shape index (κ2) is 5.38. The molecule has 0 aliphatic rings. The number of hydrogen-bond donors (Lipinski definition) is 0. The summed E-state index contributed by atoms with van der Waals surface area (Å²) in [5, 5.41) is 9.43. The van der Waals surface area contributed by atoms with E-state index in [4.69, 9.17) is 21.6 Å². The number of nitrogens with zero attached hydrogens (tertiary/aromatic N) is 1. The van der Waals surface area contributed by atoms with Crippen LogP contribution in [-0.2, 0) is 9.53 Å². The summed E-state index contributed by atoms with van der Waals surface area (Å²) in [6.45, 7) is 1.97. The Balaban J connectivity index is 2.89. The van der Waals surface area contributed by atoms with Crippen LogP contribution in [0.25, 0.3) is 0 Å². The van der Waals surface area contributed by atoms with Crippen LogP contribution in [0, 0.1) is 11.3 Å². The summed E-state index contributed by atoms with van der Waals surface area (Å²) in [7, 11) is 0. The molecule has 1 rings (SSSR count). The van der Waals surface area contributed by atoms with Crippen molar-refractivity contribution in [1.29, 1.82) is 5.26 Å². The predicted octanol–water partition coefficient (Wildman–Crippen LogP) is 2.51. The van der Waals surface area contributed by atoms with E-state index in [0.717, 1.165) is 0 Å². The normalized spacial score (nSPS) is 11.5. The van der Waals surface area contributed by atoms with Gasteiger partial charge in [0.2, 0.25) is 0 Å².